The summed E-state index contributed by atoms with van der Waals surface area (Å²) in [5, 5.41) is 21.3. The molecule has 0 fully saturated rings. The first-order valence-corrected chi connectivity index (χ1v) is 18.4. The Morgan fingerprint density at radius 3 is 1.00 bits per heavy atom. The fourth-order valence-corrected chi connectivity index (χ4v) is 11.6. The molecule has 1 aliphatic heterocycles. The van der Waals surface area contributed by atoms with Crippen molar-refractivity contribution in [1.29, 1.82) is 0 Å². The van der Waals surface area contributed by atoms with E-state index >= 15 is 9.13 Å². The largest absolute Gasteiger partial charge is 0.307 e. The molecular weight excluding hydrogens is 610 g/mol. The zero-order chi connectivity index (χ0) is 31.1. The molecule has 0 N–H and O–H groups in total. The lowest BCUT2D eigenvalue weighted by atomic mass is 10.1. The van der Waals surface area contributed by atoms with Crippen LogP contribution in [0.2, 0.25) is 0 Å². The van der Waals surface area contributed by atoms with Crippen molar-refractivity contribution in [3.05, 3.63) is 157 Å². The molecule has 0 aliphatic carbocycles. The van der Waals surface area contributed by atoms with E-state index in [1.807, 2.05) is 133 Å². The summed E-state index contributed by atoms with van der Waals surface area (Å²) in [6.45, 7) is 0.765. The van der Waals surface area contributed by atoms with Gasteiger partial charge in [-0.3, -0.25) is 0 Å². The van der Waals surface area contributed by atoms with E-state index in [4.69, 9.17) is 10.2 Å². The Bertz CT molecular complexity index is 2020. The quantitative estimate of drug-likeness (QED) is 0.253. The van der Waals surface area contributed by atoms with Gasteiger partial charge in [-0.25, -0.2) is 9.36 Å². The van der Waals surface area contributed by atoms with Crippen LogP contribution in [-0.2, 0) is 22.2 Å². The van der Waals surface area contributed by atoms with Gasteiger partial charge >= 0.3 is 0 Å². The smallest absolute Gasteiger partial charge is 0.192 e. The van der Waals surface area contributed by atoms with E-state index in [0.29, 0.717) is 56.6 Å². The summed E-state index contributed by atoms with van der Waals surface area (Å²) in [6.07, 6.45) is 0. The molecule has 0 amide bonds. The third-order valence-electron chi connectivity index (χ3n) is 8.49. The number of fused-ring (bicyclic) bond motifs is 4. The molecule has 1 aliphatic rings. The summed E-state index contributed by atoms with van der Waals surface area (Å²) in [5.41, 5.74) is 3.68. The molecule has 0 bridgehead atoms. The second-order valence-corrected chi connectivity index (χ2v) is 16.5. The first kappa shape index (κ1) is 28.3. The van der Waals surface area contributed by atoms with Gasteiger partial charge in [-0.1, -0.05) is 156 Å². The molecule has 3 heterocycles. The molecular formula is C36H28N6O2P2. The summed E-state index contributed by atoms with van der Waals surface area (Å²) in [7, 11) is -7.21. The Hall–Kier alpha value is -5.16. The highest BCUT2D eigenvalue weighted by molar-refractivity contribution is 7.86. The molecule has 0 unspecified atom stereocenters. The Balaban J connectivity index is 1.49. The SMILES string of the molecule is O=P(c1ccccc1)(c1ccccc1)c1nnn2c1-c1c(P(=O)(c3ccccc3)c3ccccc3)nnn1Cc1ccccc1C2. The van der Waals surface area contributed by atoms with Crippen LogP contribution in [0.5, 0.6) is 0 Å². The highest BCUT2D eigenvalue weighted by Gasteiger charge is 2.43. The molecule has 2 aromatic heterocycles. The molecule has 0 saturated carbocycles. The van der Waals surface area contributed by atoms with Gasteiger partial charge in [0.1, 0.15) is 11.4 Å². The number of nitrogens with zero attached hydrogens (tertiary/aromatic N) is 6. The molecule has 8 rings (SSSR count). The molecule has 0 spiro atoms. The molecule has 8 nitrogen and oxygen atoms in total. The lowest BCUT2D eigenvalue weighted by molar-refractivity contribution is 0.591. The number of aromatic nitrogens is 6. The van der Waals surface area contributed by atoms with Gasteiger partial charge in [-0.15, -0.1) is 10.2 Å². The van der Waals surface area contributed by atoms with Crippen molar-refractivity contribution in [3.8, 4) is 11.4 Å². The van der Waals surface area contributed by atoms with Crippen LogP contribution in [0.1, 0.15) is 11.1 Å². The zero-order valence-corrected chi connectivity index (χ0v) is 26.5. The van der Waals surface area contributed by atoms with E-state index in [-0.39, 0.29) is 0 Å². The second kappa shape index (κ2) is 11.3. The van der Waals surface area contributed by atoms with Crippen LogP contribution in [-0.4, -0.2) is 30.0 Å². The van der Waals surface area contributed by atoms with Gasteiger partial charge in [0, 0.05) is 21.2 Å². The van der Waals surface area contributed by atoms with Crippen molar-refractivity contribution in [2.75, 3.05) is 0 Å². The lowest BCUT2D eigenvalue weighted by Crippen LogP contribution is -2.32. The topological polar surface area (TPSA) is 95.6 Å². The van der Waals surface area contributed by atoms with Crippen molar-refractivity contribution < 1.29 is 9.13 Å². The summed E-state index contributed by atoms with van der Waals surface area (Å²) < 4.78 is 35.1. The molecule has 10 heteroatoms. The minimum absolute atomic E-state index is 0.307. The summed E-state index contributed by atoms with van der Waals surface area (Å²) in [4.78, 5) is 0. The molecule has 5 aromatic carbocycles. The van der Waals surface area contributed by atoms with E-state index in [2.05, 4.69) is 22.6 Å². The normalized spacial score (nSPS) is 12.8. The van der Waals surface area contributed by atoms with Gasteiger partial charge in [0.05, 0.1) is 13.1 Å². The average Bonchev–Trinajstić information content (AvgIpc) is 3.72. The van der Waals surface area contributed by atoms with Gasteiger partial charge in [-0.2, -0.15) is 0 Å². The second-order valence-electron chi connectivity index (χ2n) is 11.2. The highest BCUT2D eigenvalue weighted by Crippen LogP contribution is 2.48. The summed E-state index contributed by atoms with van der Waals surface area (Å²) in [6, 6.07) is 45.7. The van der Waals surface area contributed by atoms with Crippen LogP contribution in [0.3, 0.4) is 0 Å². The van der Waals surface area contributed by atoms with Gasteiger partial charge in [-0.05, 0) is 11.1 Å². The molecule has 7 aromatic rings. The van der Waals surface area contributed by atoms with Crippen molar-refractivity contribution >= 4 is 46.4 Å². The molecule has 0 atom stereocenters. The van der Waals surface area contributed by atoms with Gasteiger partial charge in [0.25, 0.3) is 0 Å². The molecule has 46 heavy (non-hydrogen) atoms. The standard InChI is InChI=1S/C36H28N6O2P2/c43-45(29-17-5-1-6-18-29,30-19-7-2-8-20-30)35-33-34-36(46(44,31-21-9-3-10-22-31)32-23-11-4-12-24-32)38-40-42(34)26-28-16-14-13-15-27(28)25-41(33)39-37-35/h1-24H,25-26H2. The van der Waals surface area contributed by atoms with E-state index < -0.39 is 14.3 Å². The summed E-state index contributed by atoms with van der Waals surface area (Å²) in [5.74, 6) is 0. The van der Waals surface area contributed by atoms with Gasteiger partial charge in [0.2, 0.25) is 0 Å². The highest BCUT2D eigenvalue weighted by atomic mass is 31.2. The van der Waals surface area contributed by atoms with E-state index in [9.17, 15) is 0 Å². The van der Waals surface area contributed by atoms with Gasteiger partial charge in [0.15, 0.2) is 25.2 Å². The predicted octanol–water partition coefficient (Wildman–Crippen LogP) is 4.23. The fourth-order valence-electron chi connectivity index (χ4n) is 6.24. The van der Waals surface area contributed by atoms with Crippen LogP contribution >= 0.6 is 14.3 Å². The third kappa shape index (κ3) is 4.45. The van der Waals surface area contributed by atoms with Crippen LogP contribution in [0.25, 0.3) is 11.4 Å². The summed E-state index contributed by atoms with van der Waals surface area (Å²) >= 11 is 0. The average molecular weight is 639 g/mol. The Labute approximate surface area is 266 Å². The van der Waals surface area contributed by atoms with Crippen LogP contribution in [0, 0.1) is 0 Å². The third-order valence-corrected chi connectivity index (χ3v) is 14.4. The number of rotatable bonds is 6. The van der Waals surface area contributed by atoms with Crippen molar-refractivity contribution in [2.24, 2.45) is 0 Å². The minimum Gasteiger partial charge on any atom is -0.307 e. The first-order chi connectivity index (χ1) is 22.6. The Morgan fingerprint density at radius 2 is 0.696 bits per heavy atom. The number of benzene rings is 5. The van der Waals surface area contributed by atoms with Crippen molar-refractivity contribution in [1.82, 2.24) is 30.0 Å². The van der Waals surface area contributed by atoms with Crippen molar-refractivity contribution in [3.63, 3.8) is 0 Å². The van der Waals surface area contributed by atoms with E-state index in [1.165, 1.54) is 0 Å². The number of hydrogen-bond acceptors (Lipinski definition) is 6. The Morgan fingerprint density at radius 1 is 0.413 bits per heavy atom. The van der Waals surface area contributed by atoms with Crippen molar-refractivity contribution in [2.45, 2.75) is 13.1 Å². The van der Waals surface area contributed by atoms with Gasteiger partial charge < -0.3 is 9.13 Å². The lowest BCUT2D eigenvalue weighted by Gasteiger charge is -2.23. The Kier molecular flexibility index (Phi) is 6.97. The molecule has 0 saturated heterocycles. The van der Waals surface area contributed by atoms with Crippen LogP contribution < -0.4 is 32.1 Å². The fraction of sp³-hybridized carbons (Fsp3) is 0.0556. The monoisotopic (exact) mass is 638 g/mol. The predicted molar refractivity (Wildman–Crippen MR) is 182 cm³/mol. The maximum atomic E-state index is 15.8. The molecule has 0 radical (unpaired) electrons. The first-order valence-electron chi connectivity index (χ1n) is 15.0. The van der Waals surface area contributed by atoms with Crippen LogP contribution in [0.4, 0.5) is 0 Å². The number of hydrogen-bond donors (Lipinski definition) is 0. The minimum atomic E-state index is -3.61. The van der Waals surface area contributed by atoms with E-state index in [1.54, 1.807) is 9.36 Å². The van der Waals surface area contributed by atoms with Crippen LogP contribution in [0.15, 0.2) is 146 Å². The molecule has 224 valence electrons. The maximum Gasteiger partial charge on any atom is 0.192 e. The van der Waals surface area contributed by atoms with E-state index in [0.717, 1.165) is 11.1 Å². The maximum absolute atomic E-state index is 15.8. The zero-order valence-electron chi connectivity index (χ0n) is 24.7.